The Morgan fingerprint density at radius 3 is 2.53 bits per heavy atom. The first-order chi connectivity index (χ1) is 15.2. The number of rotatable bonds is 0. The third kappa shape index (κ3) is 4.13. The molecular formula is C22H17ClF2N2O4S. The van der Waals surface area contributed by atoms with Crippen molar-refractivity contribution >= 4 is 33.2 Å². The number of hydrogen-bond donors (Lipinski definition) is 3. The van der Waals surface area contributed by atoms with Gasteiger partial charge in [0.05, 0.1) is 10.7 Å². The van der Waals surface area contributed by atoms with Gasteiger partial charge < -0.3 is 10.4 Å². The molecule has 32 heavy (non-hydrogen) atoms. The van der Waals surface area contributed by atoms with Gasteiger partial charge in [-0.3, -0.25) is 9.52 Å². The van der Waals surface area contributed by atoms with Crippen molar-refractivity contribution < 1.29 is 27.1 Å². The first kappa shape index (κ1) is 22.0. The van der Waals surface area contributed by atoms with Crippen LogP contribution in [0.25, 0.3) is 11.1 Å². The van der Waals surface area contributed by atoms with E-state index in [9.17, 15) is 27.1 Å². The summed E-state index contributed by atoms with van der Waals surface area (Å²) < 4.78 is 57.1. The average Bonchev–Trinajstić information content (AvgIpc) is 2.74. The molecule has 0 aromatic heterocycles. The van der Waals surface area contributed by atoms with Gasteiger partial charge in [-0.15, -0.1) is 0 Å². The monoisotopic (exact) mass is 478 g/mol. The molecule has 3 aromatic rings. The Labute approximate surface area is 187 Å². The van der Waals surface area contributed by atoms with Gasteiger partial charge in [0, 0.05) is 23.7 Å². The number of amides is 1. The number of aromatic hydroxyl groups is 1. The molecule has 6 nitrogen and oxygen atoms in total. The van der Waals surface area contributed by atoms with Gasteiger partial charge in [0.25, 0.3) is 15.9 Å². The summed E-state index contributed by atoms with van der Waals surface area (Å²) in [7, 11) is -4.59. The third-order valence-corrected chi connectivity index (χ3v) is 6.76. The highest BCUT2D eigenvalue weighted by Crippen LogP contribution is 2.36. The second-order valence-corrected chi connectivity index (χ2v) is 9.30. The number of benzene rings is 3. The molecule has 0 aliphatic carbocycles. The van der Waals surface area contributed by atoms with Crippen LogP contribution in [0.1, 0.15) is 22.3 Å². The number of sulfonamides is 1. The molecule has 4 bridgehead atoms. The Hall–Kier alpha value is -3.17. The van der Waals surface area contributed by atoms with Crippen LogP contribution in [0.5, 0.6) is 5.75 Å². The van der Waals surface area contributed by atoms with E-state index in [-0.39, 0.29) is 22.7 Å². The Morgan fingerprint density at radius 2 is 1.75 bits per heavy atom. The van der Waals surface area contributed by atoms with E-state index in [1.807, 2.05) is 4.72 Å². The molecule has 1 heterocycles. The Bertz CT molecular complexity index is 1350. The number of anilines is 1. The number of carbonyl (C=O) groups excluding carboxylic acids is 1. The van der Waals surface area contributed by atoms with E-state index < -0.39 is 43.9 Å². The maximum atomic E-state index is 14.7. The van der Waals surface area contributed by atoms with Crippen LogP contribution in [0.15, 0.2) is 53.4 Å². The van der Waals surface area contributed by atoms with E-state index in [0.717, 1.165) is 23.8 Å². The van der Waals surface area contributed by atoms with Crippen LogP contribution in [0.3, 0.4) is 0 Å². The number of phenols is 1. The fourth-order valence-electron chi connectivity index (χ4n) is 3.53. The summed E-state index contributed by atoms with van der Waals surface area (Å²) in [5.74, 6) is -3.39. The summed E-state index contributed by atoms with van der Waals surface area (Å²) in [6.45, 7) is 0.253. The van der Waals surface area contributed by atoms with Gasteiger partial charge in [-0.2, -0.15) is 0 Å². The van der Waals surface area contributed by atoms with E-state index in [1.54, 1.807) is 24.3 Å². The maximum absolute atomic E-state index is 14.7. The number of carbonyl (C=O) groups is 1. The summed E-state index contributed by atoms with van der Waals surface area (Å²) in [6, 6.07) is 10.6. The molecule has 0 saturated carbocycles. The van der Waals surface area contributed by atoms with Crippen molar-refractivity contribution in [2.24, 2.45) is 0 Å². The Morgan fingerprint density at radius 1 is 1.00 bits per heavy atom. The van der Waals surface area contributed by atoms with E-state index in [1.165, 1.54) is 0 Å². The van der Waals surface area contributed by atoms with Gasteiger partial charge in [-0.1, -0.05) is 35.9 Å². The van der Waals surface area contributed by atoms with E-state index in [0.29, 0.717) is 24.5 Å². The van der Waals surface area contributed by atoms with Crippen molar-refractivity contribution in [1.29, 1.82) is 0 Å². The van der Waals surface area contributed by atoms with Crippen LogP contribution in [0.4, 0.5) is 14.5 Å². The molecule has 166 valence electrons. The molecule has 0 unspecified atom stereocenters. The number of aryl methyl sites for hydroxylation is 1. The summed E-state index contributed by atoms with van der Waals surface area (Å²) in [5.41, 5.74) is 0.616. The fraction of sp³-hybridized carbons (Fsp3) is 0.136. The molecular weight excluding hydrogens is 462 g/mol. The minimum Gasteiger partial charge on any atom is -0.505 e. The minimum atomic E-state index is -4.59. The Balaban J connectivity index is 1.93. The number of hydrogen-bond acceptors (Lipinski definition) is 4. The lowest BCUT2D eigenvalue weighted by Gasteiger charge is -2.15. The lowest BCUT2D eigenvalue weighted by molar-refractivity contribution is 0.0953. The number of halogens is 3. The van der Waals surface area contributed by atoms with Crippen LogP contribution in [-0.4, -0.2) is 26.0 Å². The lowest BCUT2D eigenvalue weighted by Crippen LogP contribution is -2.25. The number of fused-ring (bicyclic) bond motifs is 6. The van der Waals surface area contributed by atoms with Crippen LogP contribution in [0, 0.1) is 11.6 Å². The van der Waals surface area contributed by atoms with E-state index in [4.69, 9.17) is 11.6 Å². The lowest BCUT2D eigenvalue weighted by atomic mass is 9.96. The van der Waals surface area contributed by atoms with Crippen molar-refractivity contribution in [3.63, 3.8) is 0 Å². The molecule has 1 aliphatic rings. The molecule has 4 rings (SSSR count). The quantitative estimate of drug-likeness (QED) is 0.444. The summed E-state index contributed by atoms with van der Waals surface area (Å²) >= 11 is 5.94. The van der Waals surface area contributed by atoms with Crippen molar-refractivity contribution in [3.05, 3.63) is 76.3 Å². The Kier molecular flexibility index (Phi) is 5.79. The molecule has 1 amide bonds. The van der Waals surface area contributed by atoms with Gasteiger partial charge >= 0.3 is 0 Å². The average molecular weight is 479 g/mol. The van der Waals surface area contributed by atoms with Crippen LogP contribution < -0.4 is 10.0 Å². The molecule has 3 aromatic carbocycles. The normalized spacial score (nSPS) is 15.5. The summed E-state index contributed by atoms with van der Waals surface area (Å²) in [5, 5.41) is 12.5. The predicted molar refractivity (Wildman–Crippen MR) is 116 cm³/mol. The SMILES string of the molecule is O=C1NCCCc2ccccc2-c2cc(c(F)cc2F)NS(=O)(=O)c2cc1cc(Cl)c2O. The van der Waals surface area contributed by atoms with Gasteiger partial charge in [0.1, 0.15) is 16.5 Å². The molecule has 3 N–H and O–H groups in total. The molecule has 0 radical (unpaired) electrons. The standard InChI is InChI=1S/C22H17ClF2N2O4S/c23-16-8-13-9-20(21(16)28)32(30,31)27-19-10-15(17(24)11-18(19)25)14-6-2-1-4-12(14)5-3-7-26-22(13)29/h1-2,4,6,8-11,27-28H,3,5,7H2,(H,26,29). The second-order valence-electron chi connectivity index (χ2n) is 7.24. The molecule has 0 spiro atoms. The molecule has 0 fully saturated rings. The number of nitrogens with one attached hydrogen (secondary N) is 2. The van der Waals surface area contributed by atoms with Gasteiger partial charge in [0.15, 0.2) is 5.75 Å². The zero-order valence-corrected chi connectivity index (χ0v) is 18.0. The van der Waals surface area contributed by atoms with Crippen LogP contribution in [-0.2, 0) is 16.4 Å². The smallest absolute Gasteiger partial charge is 0.265 e. The van der Waals surface area contributed by atoms with E-state index in [2.05, 4.69) is 5.32 Å². The van der Waals surface area contributed by atoms with Crippen LogP contribution in [0.2, 0.25) is 5.02 Å². The van der Waals surface area contributed by atoms with Crippen molar-refractivity contribution in [2.75, 3.05) is 11.3 Å². The highest BCUT2D eigenvalue weighted by molar-refractivity contribution is 7.92. The topological polar surface area (TPSA) is 95.5 Å². The second kappa shape index (κ2) is 8.40. The highest BCUT2D eigenvalue weighted by atomic mass is 35.5. The molecule has 0 atom stereocenters. The fourth-order valence-corrected chi connectivity index (χ4v) is 5.00. The molecule has 1 aliphatic heterocycles. The highest BCUT2D eigenvalue weighted by Gasteiger charge is 2.26. The van der Waals surface area contributed by atoms with Crippen LogP contribution >= 0.6 is 11.6 Å². The van der Waals surface area contributed by atoms with Crippen molar-refractivity contribution in [3.8, 4) is 16.9 Å². The van der Waals surface area contributed by atoms with E-state index >= 15 is 0 Å². The van der Waals surface area contributed by atoms with Crippen molar-refractivity contribution in [2.45, 2.75) is 17.7 Å². The zero-order chi connectivity index (χ0) is 23.0. The zero-order valence-electron chi connectivity index (χ0n) is 16.5. The molecule has 0 saturated heterocycles. The first-order valence-corrected chi connectivity index (χ1v) is 11.4. The summed E-state index contributed by atoms with van der Waals surface area (Å²) in [4.78, 5) is 11.8. The first-order valence-electron chi connectivity index (χ1n) is 9.58. The largest absolute Gasteiger partial charge is 0.505 e. The summed E-state index contributed by atoms with van der Waals surface area (Å²) in [6.07, 6.45) is 0.990. The van der Waals surface area contributed by atoms with Gasteiger partial charge in [0.2, 0.25) is 0 Å². The predicted octanol–water partition coefficient (Wildman–Crippen LogP) is 4.47. The minimum absolute atomic E-state index is 0.00890. The van der Waals surface area contributed by atoms with Gasteiger partial charge in [-0.05, 0) is 42.2 Å². The maximum Gasteiger partial charge on any atom is 0.265 e. The molecule has 10 heteroatoms. The van der Waals surface area contributed by atoms with Crippen molar-refractivity contribution in [1.82, 2.24) is 5.32 Å². The third-order valence-electron chi connectivity index (χ3n) is 5.10. The number of phenolic OH excluding ortho intramolecular Hbond substituents is 1. The van der Waals surface area contributed by atoms with Gasteiger partial charge in [-0.25, -0.2) is 17.2 Å².